The zero-order valence-corrected chi connectivity index (χ0v) is 19.3. The molecule has 2 saturated heterocycles. The van der Waals surface area contributed by atoms with Gasteiger partial charge in [0.05, 0.1) is 16.9 Å². The molecule has 2 aromatic carbocycles. The van der Waals surface area contributed by atoms with Gasteiger partial charge in [0.15, 0.2) is 11.5 Å². The van der Waals surface area contributed by atoms with Crippen molar-refractivity contribution < 1.29 is 22.7 Å². The first-order valence-electron chi connectivity index (χ1n) is 11.2. The molecule has 0 bridgehead atoms. The van der Waals surface area contributed by atoms with E-state index in [-0.39, 0.29) is 35.9 Å². The molecule has 176 valence electrons. The molecule has 2 N–H and O–H groups in total. The molecule has 2 fully saturated rings. The van der Waals surface area contributed by atoms with Gasteiger partial charge in [-0.05, 0) is 36.8 Å². The number of carbonyl (C=O) groups is 1. The number of aryl methyl sites for hydroxylation is 1. The molecule has 2 aromatic rings. The second kappa shape index (κ2) is 8.94. The van der Waals surface area contributed by atoms with E-state index < -0.39 is 10.0 Å². The summed E-state index contributed by atoms with van der Waals surface area (Å²) in [5.74, 6) is 1.12. The van der Waals surface area contributed by atoms with Crippen molar-refractivity contribution in [1.82, 2.24) is 20.1 Å². The maximum absolute atomic E-state index is 13.4. The van der Waals surface area contributed by atoms with Gasteiger partial charge in [0.1, 0.15) is 13.2 Å². The highest BCUT2D eigenvalue weighted by molar-refractivity contribution is 7.89. The van der Waals surface area contributed by atoms with Crippen molar-refractivity contribution in [2.75, 3.05) is 45.9 Å². The lowest BCUT2D eigenvalue weighted by Crippen LogP contribution is -2.52. The minimum Gasteiger partial charge on any atom is -0.486 e. The zero-order chi connectivity index (χ0) is 23.0. The number of sulfonamides is 1. The van der Waals surface area contributed by atoms with Crippen LogP contribution in [0, 0.1) is 12.8 Å². The minimum absolute atomic E-state index is 0.0137. The predicted octanol–water partition coefficient (Wildman–Crippen LogP) is 1.06. The fourth-order valence-corrected chi connectivity index (χ4v) is 5.96. The van der Waals surface area contributed by atoms with Crippen molar-refractivity contribution in [2.24, 2.45) is 5.92 Å². The number of amides is 1. The van der Waals surface area contributed by atoms with Crippen molar-refractivity contribution >= 4 is 15.9 Å². The zero-order valence-electron chi connectivity index (χ0n) is 18.5. The molecule has 33 heavy (non-hydrogen) atoms. The van der Waals surface area contributed by atoms with Crippen LogP contribution in [0.3, 0.4) is 0 Å². The molecule has 2 unspecified atom stereocenters. The highest BCUT2D eigenvalue weighted by atomic mass is 32.2. The number of piperazine rings is 1. The third-order valence-corrected chi connectivity index (χ3v) is 8.35. The topological polar surface area (TPSA) is 100 Å². The van der Waals surface area contributed by atoms with Crippen LogP contribution >= 0.6 is 0 Å². The Kier molecular flexibility index (Phi) is 6.00. The summed E-state index contributed by atoms with van der Waals surface area (Å²) in [5.41, 5.74) is 8.27. The first kappa shape index (κ1) is 22.1. The molecule has 0 radical (unpaired) electrons. The molecular weight excluding hydrogens is 444 g/mol. The second-order valence-electron chi connectivity index (χ2n) is 8.55. The van der Waals surface area contributed by atoms with Gasteiger partial charge in [-0.15, -0.1) is 0 Å². The maximum atomic E-state index is 13.4. The first-order chi connectivity index (χ1) is 15.9. The van der Waals surface area contributed by atoms with Gasteiger partial charge in [0.25, 0.3) is 0 Å². The Hall–Kier alpha value is -2.66. The van der Waals surface area contributed by atoms with E-state index in [1.54, 1.807) is 29.2 Å². The van der Waals surface area contributed by atoms with Crippen LogP contribution in [0.15, 0.2) is 47.4 Å². The molecule has 0 spiro atoms. The van der Waals surface area contributed by atoms with Crippen LogP contribution in [0.5, 0.6) is 11.5 Å². The van der Waals surface area contributed by atoms with Crippen molar-refractivity contribution in [3.05, 3.63) is 53.6 Å². The van der Waals surface area contributed by atoms with Gasteiger partial charge in [-0.25, -0.2) is 13.8 Å². The monoisotopic (exact) mass is 472 g/mol. The maximum Gasteiger partial charge on any atom is 0.243 e. The summed E-state index contributed by atoms with van der Waals surface area (Å²) in [5, 5.41) is 0. The molecule has 3 aliphatic heterocycles. The molecule has 0 aromatic heterocycles. The predicted molar refractivity (Wildman–Crippen MR) is 121 cm³/mol. The summed E-state index contributed by atoms with van der Waals surface area (Å²) in [6.07, 6.45) is 0. The molecule has 1 amide bonds. The lowest BCUT2D eigenvalue weighted by molar-refractivity contribution is -0.136. The Morgan fingerprint density at radius 3 is 2.39 bits per heavy atom. The van der Waals surface area contributed by atoms with Crippen molar-refractivity contribution in [1.29, 1.82) is 0 Å². The van der Waals surface area contributed by atoms with Crippen LogP contribution < -0.4 is 20.3 Å². The van der Waals surface area contributed by atoms with Gasteiger partial charge < -0.3 is 14.4 Å². The largest absolute Gasteiger partial charge is 0.486 e. The third kappa shape index (κ3) is 4.31. The van der Waals surface area contributed by atoms with E-state index >= 15 is 0 Å². The van der Waals surface area contributed by atoms with Crippen LogP contribution in [0.2, 0.25) is 0 Å². The van der Waals surface area contributed by atoms with Crippen molar-refractivity contribution in [2.45, 2.75) is 17.9 Å². The van der Waals surface area contributed by atoms with Crippen LogP contribution in [0.4, 0.5) is 0 Å². The van der Waals surface area contributed by atoms with E-state index in [4.69, 9.17) is 9.47 Å². The fraction of sp³-hybridized carbons (Fsp3) is 0.435. The number of hydrogen-bond acceptors (Lipinski definition) is 7. The van der Waals surface area contributed by atoms with E-state index in [0.29, 0.717) is 44.3 Å². The Labute approximate surface area is 193 Å². The molecule has 3 aliphatic rings. The summed E-state index contributed by atoms with van der Waals surface area (Å²) in [6.45, 7) is 4.76. The number of benzene rings is 2. The first-order valence-corrected chi connectivity index (χ1v) is 12.6. The van der Waals surface area contributed by atoms with Crippen molar-refractivity contribution in [3.63, 3.8) is 0 Å². The minimum atomic E-state index is -3.56. The van der Waals surface area contributed by atoms with Gasteiger partial charge in [-0.3, -0.25) is 10.2 Å². The molecule has 9 nitrogen and oxygen atoms in total. The summed E-state index contributed by atoms with van der Waals surface area (Å²) >= 11 is 0. The number of nitrogens with one attached hydrogen (secondary N) is 2. The number of hydrogen-bond donors (Lipinski definition) is 2. The number of carbonyl (C=O) groups excluding carboxylic acids is 1. The summed E-state index contributed by atoms with van der Waals surface area (Å²) in [4.78, 5) is 15.4. The lowest BCUT2D eigenvalue weighted by Gasteiger charge is -2.36. The number of hydrazine groups is 1. The number of ether oxygens (including phenoxy) is 2. The average molecular weight is 473 g/mol. The van der Waals surface area contributed by atoms with Crippen molar-refractivity contribution in [3.8, 4) is 11.5 Å². The summed E-state index contributed by atoms with van der Waals surface area (Å²) in [6, 6.07) is 12.4. The molecule has 3 heterocycles. The van der Waals surface area contributed by atoms with Crippen LogP contribution in [-0.4, -0.2) is 69.5 Å². The van der Waals surface area contributed by atoms with E-state index in [1.807, 2.05) is 25.1 Å². The Bertz CT molecular complexity index is 1130. The van der Waals surface area contributed by atoms with E-state index in [2.05, 4.69) is 10.9 Å². The Morgan fingerprint density at radius 1 is 0.970 bits per heavy atom. The van der Waals surface area contributed by atoms with E-state index in [9.17, 15) is 13.2 Å². The van der Waals surface area contributed by atoms with E-state index in [0.717, 1.165) is 11.1 Å². The van der Waals surface area contributed by atoms with Crippen LogP contribution in [0.1, 0.15) is 17.2 Å². The quantitative estimate of drug-likeness (QED) is 0.687. The molecule has 0 saturated carbocycles. The van der Waals surface area contributed by atoms with Gasteiger partial charge >= 0.3 is 0 Å². The van der Waals surface area contributed by atoms with Gasteiger partial charge in [-0.2, -0.15) is 4.31 Å². The molecule has 5 rings (SSSR count). The molecular formula is C23H28N4O5S. The molecule has 0 aliphatic carbocycles. The second-order valence-corrected chi connectivity index (χ2v) is 10.5. The SMILES string of the molecule is Cc1ccc(S(=O)(=O)N2CCN(C(=O)C3CNNC3c3ccc4c(c3)OCCO4)CC2)cc1. The molecule has 10 heteroatoms. The highest BCUT2D eigenvalue weighted by Gasteiger charge is 2.39. The lowest BCUT2D eigenvalue weighted by atomic mass is 9.93. The van der Waals surface area contributed by atoms with E-state index in [1.165, 1.54) is 4.31 Å². The van der Waals surface area contributed by atoms with Gasteiger partial charge in [-0.1, -0.05) is 23.8 Å². The third-order valence-electron chi connectivity index (χ3n) is 6.43. The normalized spacial score (nSPS) is 23.5. The standard InChI is InChI=1S/C23H28N4O5S/c1-16-2-5-18(6-3-16)33(29,30)27-10-8-26(9-11-27)23(28)19-15-24-25-22(19)17-4-7-20-21(14-17)32-13-12-31-20/h2-7,14,19,22,24-25H,8-13,15H2,1H3. The number of rotatable bonds is 4. The average Bonchev–Trinajstić information content (AvgIpc) is 3.34. The fourth-order valence-electron chi connectivity index (χ4n) is 4.54. The number of fused-ring (bicyclic) bond motifs is 1. The summed E-state index contributed by atoms with van der Waals surface area (Å²) < 4.78 is 38.7. The smallest absolute Gasteiger partial charge is 0.243 e. The molecule has 2 atom stereocenters. The number of nitrogens with zero attached hydrogens (tertiary/aromatic N) is 2. The summed E-state index contributed by atoms with van der Waals surface area (Å²) in [7, 11) is -3.56. The van der Waals surface area contributed by atoms with Gasteiger partial charge in [0.2, 0.25) is 15.9 Å². The van der Waals surface area contributed by atoms with Crippen LogP contribution in [-0.2, 0) is 14.8 Å². The Balaban J connectivity index is 1.25. The van der Waals surface area contributed by atoms with Crippen LogP contribution in [0.25, 0.3) is 0 Å². The Morgan fingerprint density at radius 2 is 1.67 bits per heavy atom. The van der Waals surface area contributed by atoms with Gasteiger partial charge in [0, 0.05) is 32.7 Å². The highest BCUT2D eigenvalue weighted by Crippen LogP contribution is 2.35.